The van der Waals surface area contributed by atoms with Crippen molar-refractivity contribution in [1.82, 2.24) is 10.2 Å². The van der Waals surface area contributed by atoms with Crippen molar-refractivity contribution in [3.63, 3.8) is 0 Å². The molecule has 4 rings (SSSR count). The van der Waals surface area contributed by atoms with Crippen molar-refractivity contribution in [2.45, 2.75) is 63.1 Å². The van der Waals surface area contributed by atoms with Crippen LogP contribution in [0.15, 0.2) is 77.7 Å². The van der Waals surface area contributed by atoms with E-state index in [1.807, 2.05) is 0 Å². The minimum absolute atomic E-state index is 0.0396. The van der Waals surface area contributed by atoms with Gasteiger partial charge in [-0.15, -0.1) is 0 Å². The molecule has 1 unspecified atom stereocenters. The molecule has 1 fully saturated rings. The zero-order chi connectivity index (χ0) is 30.3. The zero-order valence-corrected chi connectivity index (χ0v) is 26.0. The summed E-state index contributed by atoms with van der Waals surface area (Å²) in [6.45, 7) is 3.25. The summed E-state index contributed by atoms with van der Waals surface area (Å²) in [5.74, 6) is -0.532. The molecule has 1 atom stereocenters. The lowest BCUT2D eigenvalue weighted by Gasteiger charge is -2.33. The Kier molecular flexibility index (Phi) is 10.8. The second kappa shape index (κ2) is 14.3. The smallest absolute Gasteiger partial charge is 0.264 e. The number of rotatable bonds is 12. The first-order valence-corrected chi connectivity index (χ1v) is 16.1. The van der Waals surface area contributed by atoms with Gasteiger partial charge < -0.3 is 15.0 Å². The molecule has 42 heavy (non-hydrogen) atoms. The monoisotopic (exact) mass is 631 g/mol. The molecule has 0 heterocycles. The second-order valence-electron chi connectivity index (χ2n) is 10.2. The fraction of sp³-hybridized carbons (Fsp3) is 0.355. The molecule has 0 spiro atoms. The highest BCUT2D eigenvalue weighted by Crippen LogP contribution is 2.33. The van der Waals surface area contributed by atoms with Gasteiger partial charge in [-0.25, -0.2) is 8.42 Å². The first kappa shape index (κ1) is 31.7. The maximum atomic E-state index is 14.1. The van der Waals surface area contributed by atoms with E-state index in [2.05, 4.69) is 5.32 Å². The molecule has 2 amide bonds. The van der Waals surface area contributed by atoms with E-state index in [0.717, 1.165) is 35.6 Å². The number of amides is 2. The van der Waals surface area contributed by atoms with Crippen molar-refractivity contribution < 1.29 is 22.7 Å². The minimum atomic E-state index is -4.25. The lowest BCUT2D eigenvalue weighted by molar-refractivity contribution is -0.139. The van der Waals surface area contributed by atoms with Gasteiger partial charge in [0.15, 0.2) is 0 Å². The van der Waals surface area contributed by atoms with E-state index in [1.165, 1.54) is 29.2 Å². The Morgan fingerprint density at radius 2 is 1.55 bits per heavy atom. The Bertz CT molecular complexity index is 1480. The maximum absolute atomic E-state index is 14.1. The van der Waals surface area contributed by atoms with Crippen LogP contribution in [0.5, 0.6) is 5.75 Å². The van der Waals surface area contributed by atoms with E-state index in [0.29, 0.717) is 22.4 Å². The largest absolute Gasteiger partial charge is 0.492 e. The Balaban J connectivity index is 1.72. The van der Waals surface area contributed by atoms with Crippen LogP contribution in [0.1, 0.15) is 45.1 Å². The summed E-state index contributed by atoms with van der Waals surface area (Å²) in [5, 5.41) is 3.98. The third kappa shape index (κ3) is 7.76. The topological polar surface area (TPSA) is 96.0 Å². The van der Waals surface area contributed by atoms with E-state index in [4.69, 9.17) is 27.9 Å². The van der Waals surface area contributed by atoms with Crippen molar-refractivity contribution in [3.8, 4) is 5.75 Å². The summed E-state index contributed by atoms with van der Waals surface area (Å²) in [6.07, 6.45) is 3.88. The van der Waals surface area contributed by atoms with Crippen molar-refractivity contribution in [2.24, 2.45) is 0 Å². The van der Waals surface area contributed by atoms with Crippen LogP contribution in [0.2, 0.25) is 10.0 Å². The minimum Gasteiger partial charge on any atom is -0.492 e. The molecular formula is C31H35Cl2N3O5S. The van der Waals surface area contributed by atoms with Crippen LogP contribution in [0, 0.1) is 0 Å². The Labute approximate surface area is 257 Å². The molecule has 0 radical (unpaired) electrons. The van der Waals surface area contributed by atoms with Crippen LogP contribution in [0.25, 0.3) is 0 Å². The molecule has 224 valence electrons. The number of benzene rings is 3. The Hall–Kier alpha value is -3.27. The molecule has 1 saturated carbocycles. The highest BCUT2D eigenvalue weighted by atomic mass is 35.5. The van der Waals surface area contributed by atoms with Crippen LogP contribution < -0.4 is 14.4 Å². The average molecular weight is 633 g/mol. The first-order valence-electron chi connectivity index (χ1n) is 13.9. The molecule has 0 aliphatic heterocycles. The number of sulfonamides is 1. The Morgan fingerprint density at radius 1 is 0.952 bits per heavy atom. The third-order valence-electron chi connectivity index (χ3n) is 7.25. The van der Waals surface area contributed by atoms with E-state index >= 15 is 0 Å². The van der Waals surface area contributed by atoms with Crippen LogP contribution in [0.3, 0.4) is 0 Å². The van der Waals surface area contributed by atoms with Gasteiger partial charge in [0.2, 0.25) is 11.8 Å². The van der Waals surface area contributed by atoms with Crippen LogP contribution in [0.4, 0.5) is 5.69 Å². The highest BCUT2D eigenvalue weighted by Gasteiger charge is 2.34. The summed E-state index contributed by atoms with van der Waals surface area (Å²) in [6, 6.07) is 18.5. The van der Waals surface area contributed by atoms with Gasteiger partial charge in [-0.1, -0.05) is 60.3 Å². The molecule has 3 aromatic rings. The van der Waals surface area contributed by atoms with Gasteiger partial charge in [0.25, 0.3) is 10.0 Å². The molecule has 3 aromatic carbocycles. The van der Waals surface area contributed by atoms with Crippen LogP contribution in [-0.2, 0) is 26.2 Å². The predicted octanol–water partition coefficient (Wildman–Crippen LogP) is 6.06. The predicted molar refractivity (Wildman–Crippen MR) is 165 cm³/mol. The zero-order valence-electron chi connectivity index (χ0n) is 23.6. The Morgan fingerprint density at radius 3 is 2.17 bits per heavy atom. The lowest BCUT2D eigenvalue weighted by Crippen LogP contribution is -2.52. The van der Waals surface area contributed by atoms with Crippen molar-refractivity contribution in [2.75, 3.05) is 17.5 Å². The standard InChI is InChI=1S/C31H35Cl2N3O5S/c1-3-41-29-11-7-6-10-28(29)36(42(39,40)27-18-16-25(33)17-19-27)21-30(37)35(20-23-12-14-24(32)15-13-23)22(2)31(38)34-26-8-4-5-9-26/h6-7,10-19,22,26H,3-5,8-9,20-21H2,1-2H3,(H,34,38). The molecule has 0 bridgehead atoms. The van der Waals surface area contributed by atoms with Gasteiger partial charge in [0, 0.05) is 22.6 Å². The van der Waals surface area contributed by atoms with Crippen molar-refractivity contribution in [1.29, 1.82) is 0 Å². The number of nitrogens with one attached hydrogen (secondary N) is 1. The number of halogens is 2. The fourth-order valence-corrected chi connectivity index (χ4v) is 6.63. The molecule has 1 aliphatic rings. The highest BCUT2D eigenvalue weighted by molar-refractivity contribution is 7.92. The number of hydrogen-bond acceptors (Lipinski definition) is 5. The van der Waals surface area contributed by atoms with Gasteiger partial charge >= 0.3 is 0 Å². The average Bonchev–Trinajstić information content (AvgIpc) is 3.49. The number of para-hydroxylation sites is 2. The van der Waals surface area contributed by atoms with E-state index in [1.54, 1.807) is 62.4 Å². The lowest BCUT2D eigenvalue weighted by atomic mass is 10.1. The fourth-order valence-electron chi connectivity index (χ4n) is 4.95. The number of anilines is 1. The molecule has 1 N–H and O–H groups in total. The van der Waals surface area contributed by atoms with Crippen molar-refractivity contribution in [3.05, 3.63) is 88.4 Å². The van der Waals surface area contributed by atoms with Crippen LogP contribution in [-0.4, -0.2) is 50.4 Å². The van der Waals surface area contributed by atoms with Crippen LogP contribution >= 0.6 is 23.2 Å². The van der Waals surface area contributed by atoms with Gasteiger partial charge in [0.05, 0.1) is 17.2 Å². The second-order valence-corrected chi connectivity index (χ2v) is 12.9. The van der Waals surface area contributed by atoms with E-state index < -0.39 is 28.5 Å². The normalized spacial score (nSPS) is 14.3. The summed E-state index contributed by atoms with van der Waals surface area (Å²) in [5.41, 5.74) is 0.951. The van der Waals surface area contributed by atoms with Gasteiger partial charge in [0.1, 0.15) is 18.3 Å². The molecule has 8 nitrogen and oxygen atoms in total. The van der Waals surface area contributed by atoms with Gasteiger partial charge in [-0.2, -0.15) is 0 Å². The summed E-state index contributed by atoms with van der Waals surface area (Å²) in [4.78, 5) is 28.8. The first-order chi connectivity index (χ1) is 20.1. The number of carbonyl (C=O) groups excluding carboxylic acids is 2. The molecule has 0 aromatic heterocycles. The SMILES string of the molecule is CCOc1ccccc1N(CC(=O)N(Cc1ccc(Cl)cc1)C(C)C(=O)NC1CCCC1)S(=O)(=O)c1ccc(Cl)cc1. The number of hydrogen-bond donors (Lipinski definition) is 1. The number of carbonyl (C=O) groups is 2. The van der Waals surface area contributed by atoms with E-state index in [9.17, 15) is 18.0 Å². The van der Waals surface area contributed by atoms with E-state index in [-0.39, 0.29) is 29.1 Å². The maximum Gasteiger partial charge on any atom is 0.264 e. The molecule has 1 aliphatic carbocycles. The number of nitrogens with zero attached hydrogens (tertiary/aromatic N) is 2. The third-order valence-corrected chi connectivity index (χ3v) is 9.53. The quantitative estimate of drug-likeness (QED) is 0.262. The molecule has 11 heteroatoms. The molecular weight excluding hydrogens is 597 g/mol. The van der Waals surface area contributed by atoms with Crippen molar-refractivity contribution >= 4 is 50.7 Å². The van der Waals surface area contributed by atoms with Gasteiger partial charge in [-0.3, -0.25) is 13.9 Å². The molecule has 0 saturated heterocycles. The summed E-state index contributed by atoms with van der Waals surface area (Å²) < 4.78 is 34.9. The van der Waals surface area contributed by atoms with Gasteiger partial charge in [-0.05, 0) is 80.8 Å². The number of ether oxygens (including phenoxy) is 1. The summed E-state index contributed by atoms with van der Waals surface area (Å²) >= 11 is 12.1. The summed E-state index contributed by atoms with van der Waals surface area (Å²) in [7, 11) is -4.25.